The Bertz CT molecular complexity index is 603. The molecule has 0 bridgehead atoms. The lowest BCUT2D eigenvalue weighted by atomic mass is 10.1. The smallest absolute Gasteiger partial charge is 0.228 e. The number of alkyl halides is 1. The van der Waals surface area contributed by atoms with E-state index < -0.39 is 24.7 Å². The summed E-state index contributed by atoms with van der Waals surface area (Å²) < 4.78 is 23.7. The molecular weight excluding hydrogens is 263 g/mol. The van der Waals surface area contributed by atoms with Gasteiger partial charge in [-0.05, 0) is 22.9 Å². The summed E-state index contributed by atoms with van der Waals surface area (Å²) in [5, 5.41) is 21.3. The lowest BCUT2D eigenvalue weighted by molar-refractivity contribution is -0.229. The molecule has 2 aromatic carbocycles. The Hall–Kier alpha value is -1.69. The first-order valence-electron chi connectivity index (χ1n) is 6.42. The van der Waals surface area contributed by atoms with Gasteiger partial charge in [0.05, 0.1) is 6.61 Å². The zero-order chi connectivity index (χ0) is 14.1. The molecule has 5 heteroatoms. The average Bonchev–Trinajstić information content (AvgIpc) is 2.48. The first-order valence-corrected chi connectivity index (χ1v) is 6.42. The Labute approximate surface area is 115 Å². The number of hydrogen-bond acceptors (Lipinski definition) is 4. The topological polar surface area (TPSA) is 58.9 Å². The van der Waals surface area contributed by atoms with Crippen molar-refractivity contribution >= 4 is 10.8 Å². The SMILES string of the molecule is O[C@@H]1[C@@H](O)[C@H](Oc2ccc3ccccc3c2)OC[C@H]1F. The lowest BCUT2D eigenvalue weighted by Gasteiger charge is -2.33. The molecule has 2 aromatic rings. The van der Waals surface area contributed by atoms with Crippen molar-refractivity contribution in [2.24, 2.45) is 0 Å². The van der Waals surface area contributed by atoms with Gasteiger partial charge in [0, 0.05) is 0 Å². The van der Waals surface area contributed by atoms with E-state index in [1.807, 2.05) is 30.3 Å². The second-order valence-electron chi connectivity index (χ2n) is 4.83. The number of ether oxygens (including phenoxy) is 2. The number of aliphatic hydroxyl groups is 2. The first kappa shape index (κ1) is 13.3. The Kier molecular flexibility index (Phi) is 3.56. The minimum Gasteiger partial charge on any atom is -0.462 e. The molecule has 0 saturated carbocycles. The standard InChI is InChI=1S/C15H15FO4/c16-12-8-19-15(14(18)13(12)17)20-11-6-5-9-3-1-2-4-10(9)7-11/h1-7,12-15,17-18H,8H2/t12-,13+,14-,15+/m1/s1. The Morgan fingerprint density at radius 2 is 1.80 bits per heavy atom. The number of halogens is 1. The van der Waals surface area contributed by atoms with Crippen molar-refractivity contribution < 1.29 is 24.1 Å². The minimum absolute atomic E-state index is 0.295. The van der Waals surface area contributed by atoms with Crippen LogP contribution in [0.1, 0.15) is 0 Å². The largest absolute Gasteiger partial charge is 0.462 e. The van der Waals surface area contributed by atoms with Gasteiger partial charge in [-0.2, -0.15) is 0 Å². The molecule has 3 rings (SSSR count). The van der Waals surface area contributed by atoms with Crippen LogP contribution in [0.3, 0.4) is 0 Å². The van der Waals surface area contributed by atoms with Gasteiger partial charge in [0.1, 0.15) is 18.0 Å². The summed E-state index contributed by atoms with van der Waals surface area (Å²) in [6, 6.07) is 13.2. The second kappa shape index (κ2) is 5.36. The van der Waals surface area contributed by atoms with Crippen LogP contribution >= 0.6 is 0 Å². The molecule has 0 spiro atoms. The fourth-order valence-electron chi connectivity index (χ4n) is 2.24. The molecule has 0 amide bonds. The van der Waals surface area contributed by atoms with Gasteiger partial charge in [0.2, 0.25) is 6.29 Å². The number of fused-ring (bicyclic) bond motifs is 1. The molecule has 0 radical (unpaired) electrons. The molecule has 20 heavy (non-hydrogen) atoms. The Balaban J connectivity index is 1.79. The zero-order valence-electron chi connectivity index (χ0n) is 10.6. The molecule has 106 valence electrons. The number of aliphatic hydroxyl groups excluding tert-OH is 2. The fraction of sp³-hybridized carbons (Fsp3) is 0.333. The summed E-state index contributed by atoms with van der Waals surface area (Å²) in [5.41, 5.74) is 0. The highest BCUT2D eigenvalue weighted by Gasteiger charge is 2.40. The van der Waals surface area contributed by atoms with Crippen LogP contribution in [0.25, 0.3) is 10.8 Å². The van der Waals surface area contributed by atoms with Gasteiger partial charge in [0.15, 0.2) is 6.17 Å². The van der Waals surface area contributed by atoms with E-state index in [9.17, 15) is 14.6 Å². The number of hydrogen-bond donors (Lipinski definition) is 2. The molecule has 0 unspecified atom stereocenters. The van der Waals surface area contributed by atoms with E-state index in [1.54, 1.807) is 12.1 Å². The summed E-state index contributed by atoms with van der Waals surface area (Å²) in [5.74, 6) is 0.497. The van der Waals surface area contributed by atoms with Gasteiger partial charge < -0.3 is 19.7 Å². The van der Waals surface area contributed by atoms with Crippen molar-refractivity contribution in [1.82, 2.24) is 0 Å². The summed E-state index contributed by atoms with van der Waals surface area (Å²) >= 11 is 0. The van der Waals surface area contributed by atoms with Gasteiger partial charge in [-0.1, -0.05) is 30.3 Å². The predicted molar refractivity (Wildman–Crippen MR) is 71.2 cm³/mol. The maximum atomic E-state index is 13.2. The van der Waals surface area contributed by atoms with Crippen molar-refractivity contribution in [2.75, 3.05) is 6.61 Å². The lowest BCUT2D eigenvalue weighted by Crippen LogP contribution is -2.53. The molecule has 0 aromatic heterocycles. The van der Waals surface area contributed by atoms with E-state index in [4.69, 9.17) is 9.47 Å². The highest BCUT2D eigenvalue weighted by atomic mass is 19.1. The maximum absolute atomic E-state index is 13.2. The van der Waals surface area contributed by atoms with Crippen molar-refractivity contribution in [3.63, 3.8) is 0 Å². The van der Waals surface area contributed by atoms with Crippen molar-refractivity contribution in [3.05, 3.63) is 42.5 Å². The monoisotopic (exact) mass is 278 g/mol. The zero-order valence-corrected chi connectivity index (χ0v) is 10.6. The van der Waals surface area contributed by atoms with Gasteiger partial charge >= 0.3 is 0 Å². The van der Waals surface area contributed by atoms with Crippen LogP contribution in [-0.4, -0.2) is 41.5 Å². The van der Waals surface area contributed by atoms with Crippen LogP contribution in [0.4, 0.5) is 4.39 Å². The quantitative estimate of drug-likeness (QED) is 0.876. The third-order valence-electron chi connectivity index (χ3n) is 3.39. The number of benzene rings is 2. The minimum atomic E-state index is -1.60. The first-order chi connectivity index (χ1) is 9.65. The molecule has 1 saturated heterocycles. The highest BCUT2D eigenvalue weighted by molar-refractivity contribution is 5.83. The summed E-state index contributed by atoms with van der Waals surface area (Å²) in [4.78, 5) is 0. The Morgan fingerprint density at radius 1 is 1.05 bits per heavy atom. The summed E-state index contributed by atoms with van der Waals surface area (Å²) in [6.07, 6.45) is -5.57. The predicted octanol–water partition coefficient (Wildman–Crippen LogP) is 1.63. The third kappa shape index (κ3) is 2.47. The molecule has 1 heterocycles. The van der Waals surface area contributed by atoms with E-state index in [0.29, 0.717) is 5.75 Å². The molecule has 4 nitrogen and oxygen atoms in total. The van der Waals surface area contributed by atoms with Crippen molar-refractivity contribution in [1.29, 1.82) is 0 Å². The maximum Gasteiger partial charge on any atom is 0.228 e. The van der Waals surface area contributed by atoms with Crippen LogP contribution < -0.4 is 4.74 Å². The summed E-state index contributed by atoms with van der Waals surface area (Å²) in [6.45, 7) is -0.295. The van der Waals surface area contributed by atoms with Crippen LogP contribution in [0, 0.1) is 0 Å². The van der Waals surface area contributed by atoms with E-state index in [0.717, 1.165) is 10.8 Å². The van der Waals surface area contributed by atoms with E-state index >= 15 is 0 Å². The van der Waals surface area contributed by atoms with Gasteiger partial charge in [0.25, 0.3) is 0 Å². The van der Waals surface area contributed by atoms with Crippen LogP contribution in [0.2, 0.25) is 0 Å². The fourth-order valence-corrected chi connectivity index (χ4v) is 2.24. The van der Waals surface area contributed by atoms with Gasteiger partial charge in [-0.25, -0.2) is 4.39 Å². The summed E-state index contributed by atoms with van der Waals surface area (Å²) in [7, 11) is 0. The van der Waals surface area contributed by atoms with E-state index in [-0.39, 0.29) is 6.61 Å². The molecule has 1 aliphatic heterocycles. The van der Waals surface area contributed by atoms with Crippen molar-refractivity contribution in [3.8, 4) is 5.75 Å². The van der Waals surface area contributed by atoms with E-state index in [2.05, 4.69) is 0 Å². The van der Waals surface area contributed by atoms with Crippen LogP contribution in [-0.2, 0) is 4.74 Å². The highest BCUT2D eigenvalue weighted by Crippen LogP contribution is 2.25. The molecule has 1 fully saturated rings. The van der Waals surface area contributed by atoms with Crippen LogP contribution in [0.5, 0.6) is 5.75 Å². The molecule has 1 aliphatic rings. The van der Waals surface area contributed by atoms with Crippen molar-refractivity contribution in [2.45, 2.75) is 24.7 Å². The second-order valence-corrected chi connectivity index (χ2v) is 4.83. The molecule has 2 N–H and O–H groups in total. The third-order valence-corrected chi connectivity index (χ3v) is 3.39. The molecular formula is C15H15FO4. The Morgan fingerprint density at radius 3 is 2.60 bits per heavy atom. The van der Waals surface area contributed by atoms with E-state index in [1.165, 1.54) is 0 Å². The van der Waals surface area contributed by atoms with Gasteiger partial charge in [-0.3, -0.25) is 0 Å². The number of rotatable bonds is 2. The average molecular weight is 278 g/mol. The molecule has 0 aliphatic carbocycles. The van der Waals surface area contributed by atoms with Crippen LogP contribution in [0.15, 0.2) is 42.5 Å². The van der Waals surface area contributed by atoms with Gasteiger partial charge in [-0.15, -0.1) is 0 Å². The normalized spacial score (nSPS) is 30.4. The molecule has 4 atom stereocenters.